The minimum absolute atomic E-state index is 0.0358. The number of anilines is 1. The van der Waals surface area contributed by atoms with Crippen LogP contribution in [0.2, 0.25) is 5.02 Å². The van der Waals surface area contributed by atoms with Crippen molar-refractivity contribution >= 4 is 32.9 Å². The summed E-state index contributed by atoms with van der Waals surface area (Å²) in [7, 11) is -3.86. The highest BCUT2D eigenvalue weighted by Crippen LogP contribution is 2.25. The van der Waals surface area contributed by atoms with Gasteiger partial charge in [-0.2, -0.15) is 0 Å². The van der Waals surface area contributed by atoms with Crippen LogP contribution in [-0.2, 0) is 16.4 Å². The molecule has 8 nitrogen and oxygen atoms in total. The fraction of sp³-hybridized carbons (Fsp3) is 0.250. The molecule has 182 valence electrons. The molecule has 1 fully saturated rings. The molecule has 1 atom stereocenters. The number of hydrogen-bond acceptors (Lipinski definition) is 6. The molecule has 0 radical (unpaired) electrons. The topological polar surface area (TPSA) is 103 Å². The Balaban J connectivity index is 1.69. The van der Waals surface area contributed by atoms with Crippen LogP contribution in [0.4, 0.5) is 10.3 Å². The van der Waals surface area contributed by atoms with Gasteiger partial charge in [-0.05, 0) is 54.8 Å². The van der Waals surface area contributed by atoms with E-state index in [0.717, 1.165) is 12.8 Å². The number of fused-ring (bicyclic) bond motifs is 1. The molecule has 1 aliphatic rings. The normalized spacial score (nSPS) is 16.7. The Kier molecular flexibility index (Phi) is 6.12. The summed E-state index contributed by atoms with van der Waals surface area (Å²) in [5, 5.41) is 4.93. The van der Waals surface area contributed by atoms with Crippen LogP contribution in [0.25, 0.3) is 5.52 Å². The molecule has 3 heterocycles. The van der Waals surface area contributed by atoms with Crippen LogP contribution in [0, 0.1) is 5.82 Å². The summed E-state index contributed by atoms with van der Waals surface area (Å²) >= 11 is 6.29. The van der Waals surface area contributed by atoms with Crippen molar-refractivity contribution in [2.24, 2.45) is 5.73 Å². The number of nitrogens with zero attached hydrogens (tertiary/aromatic N) is 4. The Bertz CT molecular complexity index is 1570. The van der Waals surface area contributed by atoms with Gasteiger partial charge >= 0.3 is 0 Å². The van der Waals surface area contributed by atoms with E-state index in [1.807, 2.05) is 4.90 Å². The predicted molar refractivity (Wildman–Crippen MR) is 131 cm³/mol. The van der Waals surface area contributed by atoms with Crippen LogP contribution in [0.5, 0.6) is 0 Å². The minimum Gasteiger partial charge on any atom is -0.339 e. The first kappa shape index (κ1) is 23.5. The number of hydrogen-bond donors (Lipinski definition) is 1. The summed E-state index contributed by atoms with van der Waals surface area (Å²) in [5.41, 5.74) is 6.19. The molecule has 0 aliphatic carbocycles. The summed E-state index contributed by atoms with van der Waals surface area (Å²) in [6.45, 7) is 1.07. The summed E-state index contributed by atoms with van der Waals surface area (Å²) in [4.78, 5) is 15.6. The summed E-state index contributed by atoms with van der Waals surface area (Å²) < 4.78 is 43.0. The Morgan fingerprint density at radius 2 is 1.89 bits per heavy atom. The summed E-state index contributed by atoms with van der Waals surface area (Å²) in [5.74, 6) is -0.163. The largest absolute Gasteiger partial charge is 0.339 e. The molecule has 2 aromatic heterocycles. The number of rotatable bonds is 5. The van der Waals surface area contributed by atoms with Gasteiger partial charge in [-0.25, -0.2) is 17.3 Å². The smallest absolute Gasteiger partial charge is 0.279 e. The van der Waals surface area contributed by atoms with Crippen LogP contribution in [0.3, 0.4) is 0 Å². The molecular formula is C24H23ClFN5O3S. The van der Waals surface area contributed by atoms with E-state index in [-0.39, 0.29) is 27.9 Å². The van der Waals surface area contributed by atoms with E-state index in [2.05, 4.69) is 5.10 Å². The zero-order valence-electron chi connectivity index (χ0n) is 18.6. The van der Waals surface area contributed by atoms with Crippen molar-refractivity contribution in [1.82, 2.24) is 14.2 Å². The zero-order valence-corrected chi connectivity index (χ0v) is 20.2. The molecule has 1 aliphatic heterocycles. The highest BCUT2D eigenvalue weighted by Gasteiger charge is 2.26. The number of halogens is 2. The third kappa shape index (κ3) is 4.44. The van der Waals surface area contributed by atoms with Crippen molar-refractivity contribution in [3.05, 3.63) is 87.6 Å². The number of piperidine rings is 1. The van der Waals surface area contributed by atoms with Gasteiger partial charge in [-0.3, -0.25) is 9.36 Å². The molecule has 11 heteroatoms. The number of nitrogens with two attached hydrogens (primary N) is 1. The van der Waals surface area contributed by atoms with Crippen molar-refractivity contribution in [2.75, 3.05) is 18.0 Å². The van der Waals surface area contributed by atoms with Gasteiger partial charge in [-0.15, -0.1) is 5.10 Å². The van der Waals surface area contributed by atoms with Gasteiger partial charge in [0.1, 0.15) is 11.3 Å². The van der Waals surface area contributed by atoms with E-state index in [0.29, 0.717) is 29.6 Å². The van der Waals surface area contributed by atoms with Crippen molar-refractivity contribution < 1.29 is 12.8 Å². The number of benzene rings is 2. The van der Waals surface area contributed by atoms with Gasteiger partial charge in [-0.1, -0.05) is 29.8 Å². The van der Waals surface area contributed by atoms with E-state index in [4.69, 9.17) is 17.3 Å². The van der Waals surface area contributed by atoms with Gasteiger partial charge in [0, 0.05) is 30.4 Å². The molecule has 2 aromatic carbocycles. The second kappa shape index (κ2) is 9.10. The maximum absolute atomic E-state index is 13.9. The first-order chi connectivity index (χ1) is 16.7. The van der Waals surface area contributed by atoms with Crippen molar-refractivity contribution in [2.45, 2.75) is 35.2 Å². The molecule has 0 amide bonds. The average molecular weight is 516 g/mol. The molecular weight excluding hydrogens is 493 g/mol. The Hall–Kier alpha value is -3.21. The van der Waals surface area contributed by atoms with E-state index < -0.39 is 21.2 Å². The predicted octanol–water partition coefficient (Wildman–Crippen LogP) is 3.10. The first-order valence-electron chi connectivity index (χ1n) is 11.1. The standard InChI is InChI=1S/C24H23ClFN5O3S/c25-21-9-8-17(26)11-16(21)13-30-23(32)22-12-20(35(33,34)19-6-2-1-3-7-19)15-31(22)28-24(30)29-10-4-5-18(27)14-29/h1-3,6-9,11-12,15,18H,4-5,10,13-14,27H2/t18-/m1/s1. The maximum Gasteiger partial charge on any atom is 0.279 e. The Labute approximate surface area is 206 Å². The summed E-state index contributed by atoms with van der Waals surface area (Å²) in [6, 6.07) is 13.1. The van der Waals surface area contributed by atoms with Crippen LogP contribution in [0.1, 0.15) is 18.4 Å². The first-order valence-corrected chi connectivity index (χ1v) is 13.0. The SMILES string of the molecule is N[C@@H]1CCCN(c2nn3cc(S(=O)(=O)c4ccccc4)cc3c(=O)n2Cc2cc(F)ccc2Cl)C1. The lowest BCUT2D eigenvalue weighted by Crippen LogP contribution is -2.46. The van der Waals surface area contributed by atoms with Crippen molar-refractivity contribution in [1.29, 1.82) is 0 Å². The van der Waals surface area contributed by atoms with Gasteiger partial charge in [0.15, 0.2) is 0 Å². The lowest BCUT2D eigenvalue weighted by atomic mass is 10.1. The fourth-order valence-corrected chi connectivity index (χ4v) is 5.81. The molecule has 35 heavy (non-hydrogen) atoms. The van der Waals surface area contributed by atoms with E-state index >= 15 is 0 Å². The van der Waals surface area contributed by atoms with Gasteiger partial charge in [0.05, 0.1) is 16.3 Å². The molecule has 5 rings (SSSR count). The Morgan fingerprint density at radius 3 is 2.63 bits per heavy atom. The fourth-order valence-electron chi connectivity index (χ4n) is 4.34. The molecule has 0 unspecified atom stereocenters. The van der Waals surface area contributed by atoms with Crippen LogP contribution in [-0.4, -0.2) is 41.7 Å². The van der Waals surface area contributed by atoms with E-state index in [9.17, 15) is 17.6 Å². The minimum atomic E-state index is -3.86. The van der Waals surface area contributed by atoms with Crippen LogP contribution < -0.4 is 16.2 Å². The molecule has 0 saturated carbocycles. The molecule has 2 N–H and O–H groups in total. The van der Waals surface area contributed by atoms with Crippen LogP contribution in [0.15, 0.2) is 75.4 Å². The highest BCUT2D eigenvalue weighted by atomic mass is 35.5. The number of aromatic nitrogens is 3. The van der Waals surface area contributed by atoms with Gasteiger partial charge < -0.3 is 10.6 Å². The quantitative estimate of drug-likeness (QED) is 0.438. The molecule has 0 spiro atoms. The van der Waals surface area contributed by atoms with Crippen molar-refractivity contribution in [3.63, 3.8) is 0 Å². The molecule has 1 saturated heterocycles. The average Bonchev–Trinajstić information content (AvgIpc) is 3.29. The lowest BCUT2D eigenvalue weighted by Gasteiger charge is -2.32. The van der Waals surface area contributed by atoms with Gasteiger partial charge in [0.2, 0.25) is 15.8 Å². The Morgan fingerprint density at radius 1 is 1.11 bits per heavy atom. The third-order valence-corrected chi connectivity index (χ3v) is 8.22. The van der Waals surface area contributed by atoms with E-state index in [1.54, 1.807) is 18.2 Å². The van der Waals surface area contributed by atoms with E-state index in [1.165, 1.54) is 51.7 Å². The zero-order chi connectivity index (χ0) is 24.7. The summed E-state index contributed by atoms with van der Waals surface area (Å²) in [6.07, 6.45) is 3.00. The van der Waals surface area contributed by atoms with Crippen molar-refractivity contribution in [3.8, 4) is 0 Å². The third-order valence-electron chi connectivity index (χ3n) is 6.12. The second-order valence-corrected chi connectivity index (χ2v) is 11.0. The van der Waals surface area contributed by atoms with Gasteiger partial charge in [0.25, 0.3) is 5.56 Å². The lowest BCUT2D eigenvalue weighted by molar-refractivity contribution is 0.487. The number of sulfone groups is 1. The van der Waals surface area contributed by atoms with Crippen LogP contribution >= 0.6 is 11.6 Å². The molecule has 0 bridgehead atoms. The molecule has 4 aromatic rings. The second-order valence-electron chi connectivity index (χ2n) is 8.60. The highest BCUT2D eigenvalue weighted by molar-refractivity contribution is 7.91. The maximum atomic E-state index is 13.9. The monoisotopic (exact) mass is 515 g/mol.